The van der Waals surface area contributed by atoms with Gasteiger partial charge >= 0.3 is 0 Å². The lowest BCUT2D eigenvalue weighted by Crippen LogP contribution is -2.07. The molecule has 0 spiro atoms. The van der Waals surface area contributed by atoms with Crippen LogP contribution in [0.1, 0.15) is 15.9 Å². The Hall–Kier alpha value is -2.92. The molecule has 1 unspecified atom stereocenters. The maximum absolute atomic E-state index is 12.8. The molecule has 0 heterocycles. The Morgan fingerprint density at radius 1 is 0.792 bits per heavy atom. The highest BCUT2D eigenvalue weighted by atomic mass is 32.2. The molecule has 120 valence electrons. The Morgan fingerprint density at radius 3 is 2.08 bits per heavy atom. The molecule has 4 nitrogen and oxygen atoms in total. The summed E-state index contributed by atoms with van der Waals surface area (Å²) in [5.41, 5.74) is 0.748. The van der Waals surface area contributed by atoms with Crippen LogP contribution < -0.4 is 0 Å². The quantitative estimate of drug-likeness (QED) is 0.714. The molecule has 0 saturated heterocycles. The van der Waals surface area contributed by atoms with Gasteiger partial charge in [-0.05, 0) is 42.5 Å². The number of hydrogen-bond acceptors (Lipinski definition) is 4. The summed E-state index contributed by atoms with van der Waals surface area (Å²) in [5, 5.41) is 19.1. The number of benzene rings is 3. The minimum Gasteiger partial charge on any atom is -0.508 e. The van der Waals surface area contributed by atoms with E-state index in [1.54, 1.807) is 24.3 Å². The van der Waals surface area contributed by atoms with Crippen LogP contribution in [0.4, 0.5) is 0 Å². The molecule has 3 aromatic rings. The summed E-state index contributed by atoms with van der Waals surface area (Å²) in [7, 11) is -1.66. The third kappa shape index (κ3) is 3.21. The van der Waals surface area contributed by atoms with Gasteiger partial charge in [0.1, 0.15) is 11.5 Å². The van der Waals surface area contributed by atoms with E-state index in [1.165, 1.54) is 42.5 Å². The Bertz CT molecular complexity index is 902. The van der Waals surface area contributed by atoms with Gasteiger partial charge in [-0.25, -0.2) is 4.21 Å². The molecule has 24 heavy (non-hydrogen) atoms. The Balaban J connectivity index is 2.07. The maximum atomic E-state index is 12.8. The molecule has 0 aliphatic heterocycles. The molecule has 0 amide bonds. The highest BCUT2D eigenvalue weighted by molar-refractivity contribution is 7.85. The van der Waals surface area contributed by atoms with E-state index in [1.807, 2.05) is 6.07 Å². The number of ketones is 1. The summed E-state index contributed by atoms with van der Waals surface area (Å²) in [6, 6.07) is 18.8. The molecule has 0 radical (unpaired) electrons. The van der Waals surface area contributed by atoms with Crippen molar-refractivity contribution in [2.24, 2.45) is 0 Å². The van der Waals surface area contributed by atoms with Gasteiger partial charge in [0, 0.05) is 16.0 Å². The smallest absolute Gasteiger partial charge is 0.194 e. The van der Waals surface area contributed by atoms with Crippen molar-refractivity contribution in [3.63, 3.8) is 0 Å². The molecule has 3 aromatic carbocycles. The number of hydrogen-bond donors (Lipinski definition) is 2. The Morgan fingerprint density at radius 2 is 1.42 bits per heavy atom. The fourth-order valence-corrected chi connectivity index (χ4v) is 3.52. The standard InChI is InChI=1S/C19H14O4S/c20-14-6-9-16(10-7-14)24(23)18-12-15(21)8-11-17(18)19(22)13-4-2-1-3-5-13/h1-12,20-21H. The first-order chi connectivity index (χ1) is 11.6. The average Bonchev–Trinajstić information content (AvgIpc) is 2.62. The van der Waals surface area contributed by atoms with Gasteiger partial charge in [-0.15, -0.1) is 0 Å². The monoisotopic (exact) mass is 338 g/mol. The first-order valence-corrected chi connectivity index (χ1v) is 8.35. The minimum atomic E-state index is -1.66. The summed E-state index contributed by atoms with van der Waals surface area (Å²) in [6.07, 6.45) is 0. The van der Waals surface area contributed by atoms with Crippen LogP contribution in [-0.4, -0.2) is 20.2 Å². The fourth-order valence-electron chi connectivity index (χ4n) is 2.29. The van der Waals surface area contributed by atoms with Crippen LogP contribution in [0.25, 0.3) is 0 Å². The van der Waals surface area contributed by atoms with Gasteiger partial charge in [0.15, 0.2) is 5.78 Å². The second-order valence-electron chi connectivity index (χ2n) is 5.14. The van der Waals surface area contributed by atoms with Crippen LogP contribution in [0, 0.1) is 0 Å². The predicted molar refractivity (Wildman–Crippen MR) is 90.8 cm³/mol. The van der Waals surface area contributed by atoms with E-state index in [4.69, 9.17) is 0 Å². The summed E-state index contributed by atoms with van der Waals surface area (Å²) < 4.78 is 12.8. The zero-order valence-corrected chi connectivity index (χ0v) is 13.4. The predicted octanol–water partition coefficient (Wildman–Crippen LogP) is 3.50. The number of carbonyl (C=O) groups excluding carboxylic acids is 1. The second kappa shape index (κ2) is 6.68. The van der Waals surface area contributed by atoms with E-state index in [0.29, 0.717) is 10.5 Å². The second-order valence-corrected chi connectivity index (χ2v) is 6.59. The number of phenols is 2. The third-order valence-electron chi connectivity index (χ3n) is 3.50. The molecular formula is C19H14O4S. The number of aromatic hydroxyl groups is 2. The van der Waals surface area contributed by atoms with Crippen molar-refractivity contribution >= 4 is 16.6 Å². The minimum absolute atomic E-state index is 0.0623. The topological polar surface area (TPSA) is 74.6 Å². The van der Waals surface area contributed by atoms with Crippen LogP contribution in [0.2, 0.25) is 0 Å². The summed E-state index contributed by atoms with van der Waals surface area (Å²) in [6.45, 7) is 0. The van der Waals surface area contributed by atoms with Gasteiger partial charge in [-0.2, -0.15) is 0 Å². The van der Waals surface area contributed by atoms with Crippen molar-refractivity contribution in [2.45, 2.75) is 9.79 Å². The van der Waals surface area contributed by atoms with E-state index in [0.717, 1.165) is 0 Å². The number of carbonyl (C=O) groups is 1. The van der Waals surface area contributed by atoms with Crippen molar-refractivity contribution in [3.8, 4) is 11.5 Å². The zero-order chi connectivity index (χ0) is 17.1. The average molecular weight is 338 g/mol. The Kier molecular flexibility index (Phi) is 4.44. The van der Waals surface area contributed by atoms with E-state index in [2.05, 4.69) is 0 Å². The lowest BCUT2D eigenvalue weighted by molar-refractivity contribution is 0.103. The molecule has 3 rings (SSSR count). The zero-order valence-electron chi connectivity index (χ0n) is 12.5. The third-order valence-corrected chi connectivity index (χ3v) is 4.93. The first kappa shape index (κ1) is 16.0. The van der Waals surface area contributed by atoms with E-state index >= 15 is 0 Å². The fraction of sp³-hybridized carbons (Fsp3) is 0. The van der Waals surface area contributed by atoms with Gasteiger partial charge in [-0.1, -0.05) is 30.3 Å². The van der Waals surface area contributed by atoms with Gasteiger partial charge in [-0.3, -0.25) is 4.79 Å². The van der Waals surface area contributed by atoms with Crippen molar-refractivity contribution in [3.05, 3.63) is 83.9 Å². The van der Waals surface area contributed by atoms with E-state index in [9.17, 15) is 19.2 Å². The number of rotatable bonds is 4. The van der Waals surface area contributed by atoms with Crippen LogP contribution in [0.5, 0.6) is 11.5 Å². The van der Waals surface area contributed by atoms with Crippen molar-refractivity contribution in [1.29, 1.82) is 0 Å². The van der Waals surface area contributed by atoms with Crippen LogP contribution in [-0.2, 0) is 10.8 Å². The van der Waals surface area contributed by atoms with Crippen molar-refractivity contribution < 1.29 is 19.2 Å². The number of phenolic OH excluding ortho intramolecular Hbond substituents is 2. The lowest BCUT2D eigenvalue weighted by Gasteiger charge is -2.10. The van der Waals surface area contributed by atoms with Crippen LogP contribution in [0.15, 0.2) is 82.6 Å². The summed E-state index contributed by atoms with van der Waals surface area (Å²) in [5.74, 6) is -0.272. The van der Waals surface area contributed by atoms with Crippen molar-refractivity contribution in [2.75, 3.05) is 0 Å². The highest BCUT2D eigenvalue weighted by Crippen LogP contribution is 2.27. The summed E-state index contributed by atoms with van der Waals surface area (Å²) >= 11 is 0. The van der Waals surface area contributed by atoms with E-state index < -0.39 is 10.8 Å². The molecule has 0 fully saturated rings. The molecular weight excluding hydrogens is 324 g/mol. The summed E-state index contributed by atoms with van der Waals surface area (Å²) in [4.78, 5) is 13.4. The molecule has 1 atom stereocenters. The maximum Gasteiger partial charge on any atom is 0.194 e. The largest absolute Gasteiger partial charge is 0.508 e. The van der Waals surface area contributed by atoms with Gasteiger partial charge in [0.25, 0.3) is 0 Å². The molecule has 0 aromatic heterocycles. The molecule has 0 aliphatic rings. The van der Waals surface area contributed by atoms with Crippen LogP contribution >= 0.6 is 0 Å². The molecule has 0 bridgehead atoms. The van der Waals surface area contributed by atoms with Gasteiger partial charge < -0.3 is 10.2 Å². The van der Waals surface area contributed by atoms with Gasteiger partial charge in [0.05, 0.1) is 15.7 Å². The molecule has 0 saturated carbocycles. The molecule has 0 aliphatic carbocycles. The van der Waals surface area contributed by atoms with E-state index in [-0.39, 0.29) is 27.7 Å². The Labute approximate surface area is 141 Å². The SMILES string of the molecule is O=C(c1ccccc1)c1ccc(O)cc1S(=O)c1ccc(O)cc1. The normalized spacial score (nSPS) is 11.8. The van der Waals surface area contributed by atoms with Gasteiger partial charge in [0.2, 0.25) is 0 Å². The highest BCUT2D eigenvalue weighted by Gasteiger charge is 2.19. The lowest BCUT2D eigenvalue weighted by atomic mass is 10.0. The molecule has 2 N–H and O–H groups in total. The first-order valence-electron chi connectivity index (χ1n) is 7.20. The van der Waals surface area contributed by atoms with Crippen molar-refractivity contribution in [1.82, 2.24) is 0 Å². The molecule has 5 heteroatoms. The van der Waals surface area contributed by atoms with Crippen LogP contribution in [0.3, 0.4) is 0 Å².